The van der Waals surface area contributed by atoms with Crippen LogP contribution in [0.2, 0.25) is 5.02 Å². The SMILES string of the molecule is CNCCc1nc2ccc(Cl)cc2s1. The molecule has 2 aromatic rings. The molecule has 74 valence electrons. The zero-order valence-electron chi connectivity index (χ0n) is 7.88. The monoisotopic (exact) mass is 226 g/mol. The van der Waals surface area contributed by atoms with Gasteiger partial charge in [0.05, 0.1) is 15.2 Å². The van der Waals surface area contributed by atoms with Gasteiger partial charge in [0.25, 0.3) is 0 Å². The van der Waals surface area contributed by atoms with Crippen LogP contribution < -0.4 is 5.32 Å². The van der Waals surface area contributed by atoms with Crippen molar-refractivity contribution in [1.82, 2.24) is 10.3 Å². The molecule has 0 aliphatic carbocycles. The van der Waals surface area contributed by atoms with Gasteiger partial charge in [0.1, 0.15) is 0 Å². The van der Waals surface area contributed by atoms with Gasteiger partial charge in [-0.1, -0.05) is 11.6 Å². The van der Waals surface area contributed by atoms with Crippen molar-refractivity contribution in [3.63, 3.8) is 0 Å². The lowest BCUT2D eigenvalue weighted by Crippen LogP contribution is -2.09. The standard InChI is InChI=1S/C10H11ClN2S/c1-12-5-4-10-13-8-3-2-7(11)6-9(8)14-10/h2-3,6,12H,4-5H2,1H3. The maximum Gasteiger partial charge on any atom is 0.0951 e. The Hall–Kier alpha value is -0.640. The van der Waals surface area contributed by atoms with Crippen LogP contribution in [0.25, 0.3) is 10.2 Å². The van der Waals surface area contributed by atoms with Gasteiger partial charge in [0.15, 0.2) is 0 Å². The third-order valence-electron chi connectivity index (χ3n) is 1.98. The number of fused-ring (bicyclic) bond motifs is 1. The minimum Gasteiger partial charge on any atom is -0.319 e. The topological polar surface area (TPSA) is 24.9 Å². The van der Waals surface area contributed by atoms with Crippen LogP contribution in [-0.2, 0) is 6.42 Å². The Morgan fingerprint density at radius 2 is 2.36 bits per heavy atom. The maximum absolute atomic E-state index is 5.90. The van der Waals surface area contributed by atoms with Crippen LogP contribution in [0.3, 0.4) is 0 Å². The fourth-order valence-electron chi connectivity index (χ4n) is 1.29. The van der Waals surface area contributed by atoms with Gasteiger partial charge in [0.2, 0.25) is 0 Å². The summed E-state index contributed by atoms with van der Waals surface area (Å²) in [7, 11) is 1.95. The maximum atomic E-state index is 5.90. The largest absolute Gasteiger partial charge is 0.319 e. The molecule has 4 heteroatoms. The molecule has 0 radical (unpaired) electrons. The molecule has 1 aromatic heterocycles. The second-order valence-electron chi connectivity index (χ2n) is 3.07. The highest BCUT2D eigenvalue weighted by molar-refractivity contribution is 7.18. The third kappa shape index (κ3) is 2.05. The first kappa shape index (κ1) is 9.90. The molecule has 0 saturated carbocycles. The summed E-state index contributed by atoms with van der Waals surface area (Å²) in [6, 6.07) is 5.82. The van der Waals surface area contributed by atoms with E-state index in [0.717, 1.165) is 28.5 Å². The van der Waals surface area contributed by atoms with Gasteiger partial charge in [-0.25, -0.2) is 4.98 Å². The molecule has 0 aliphatic heterocycles. The molecular weight excluding hydrogens is 216 g/mol. The highest BCUT2D eigenvalue weighted by Crippen LogP contribution is 2.25. The van der Waals surface area contributed by atoms with E-state index in [9.17, 15) is 0 Å². The van der Waals surface area contributed by atoms with Gasteiger partial charge < -0.3 is 5.32 Å². The van der Waals surface area contributed by atoms with Crippen molar-refractivity contribution in [2.24, 2.45) is 0 Å². The fourth-order valence-corrected chi connectivity index (χ4v) is 2.53. The zero-order chi connectivity index (χ0) is 9.97. The molecule has 1 N–H and O–H groups in total. The van der Waals surface area contributed by atoms with Crippen LogP contribution in [0.4, 0.5) is 0 Å². The second kappa shape index (κ2) is 4.26. The van der Waals surface area contributed by atoms with Gasteiger partial charge in [-0.15, -0.1) is 11.3 Å². The highest BCUT2D eigenvalue weighted by Gasteiger charge is 2.03. The number of rotatable bonds is 3. The molecule has 0 fully saturated rings. The minimum atomic E-state index is 0.779. The summed E-state index contributed by atoms with van der Waals surface area (Å²) in [6.07, 6.45) is 0.980. The van der Waals surface area contributed by atoms with Crippen LogP contribution >= 0.6 is 22.9 Å². The van der Waals surface area contributed by atoms with E-state index in [4.69, 9.17) is 11.6 Å². The van der Waals surface area contributed by atoms with E-state index in [1.54, 1.807) is 11.3 Å². The Labute approximate surface area is 91.9 Å². The summed E-state index contributed by atoms with van der Waals surface area (Å²) >= 11 is 7.61. The molecule has 14 heavy (non-hydrogen) atoms. The van der Waals surface area contributed by atoms with E-state index in [1.165, 1.54) is 4.70 Å². The van der Waals surface area contributed by atoms with Crippen molar-refractivity contribution >= 4 is 33.2 Å². The predicted molar refractivity (Wildman–Crippen MR) is 62.3 cm³/mol. The van der Waals surface area contributed by atoms with Gasteiger partial charge in [0, 0.05) is 18.0 Å². The second-order valence-corrected chi connectivity index (χ2v) is 4.62. The first-order valence-corrected chi connectivity index (χ1v) is 5.68. The summed E-state index contributed by atoms with van der Waals surface area (Å²) in [6.45, 7) is 0.966. The van der Waals surface area contributed by atoms with Crippen molar-refractivity contribution in [3.8, 4) is 0 Å². The van der Waals surface area contributed by atoms with E-state index in [1.807, 2.05) is 25.2 Å². The molecular formula is C10H11ClN2S. The summed E-state index contributed by atoms with van der Waals surface area (Å²) < 4.78 is 1.17. The Morgan fingerprint density at radius 3 is 3.14 bits per heavy atom. The number of halogens is 1. The van der Waals surface area contributed by atoms with Crippen LogP contribution in [0.1, 0.15) is 5.01 Å². The summed E-state index contributed by atoms with van der Waals surface area (Å²) in [5, 5.41) is 5.06. The van der Waals surface area contributed by atoms with E-state index in [0.29, 0.717) is 0 Å². The number of aromatic nitrogens is 1. The minimum absolute atomic E-state index is 0.779. The van der Waals surface area contributed by atoms with Crippen molar-refractivity contribution in [2.45, 2.75) is 6.42 Å². The van der Waals surface area contributed by atoms with E-state index < -0.39 is 0 Å². The van der Waals surface area contributed by atoms with Crippen LogP contribution in [0, 0.1) is 0 Å². The highest BCUT2D eigenvalue weighted by atomic mass is 35.5. The van der Waals surface area contributed by atoms with Gasteiger partial charge >= 0.3 is 0 Å². The lowest BCUT2D eigenvalue weighted by Gasteiger charge is -1.92. The number of nitrogens with one attached hydrogen (secondary N) is 1. The molecule has 0 amide bonds. The number of nitrogens with zero attached hydrogens (tertiary/aromatic N) is 1. The number of hydrogen-bond acceptors (Lipinski definition) is 3. The normalized spacial score (nSPS) is 11.0. The van der Waals surface area contributed by atoms with E-state index in [2.05, 4.69) is 10.3 Å². The number of thiazole rings is 1. The molecule has 0 atom stereocenters. The smallest absolute Gasteiger partial charge is 0.0951 e. The van der Waals surface area contributed by atoms with E-state index in [-0.39, 0.29) is 0 Å². The molecule has 0 saturated heterocycles. The Bertz CT molecular complexity index is 439. The summed E-state index contributed by atoms with van der Waals surface area (Å²) in [5.41, 5.74) is 1.05. The van der Waals surface area contributed by atoms with Crippen molar-refractivity contribution in [3.05, 3.63) is 28.2 Å². The molecule has 0 aliphatic rings. The Kier molecular flexibility index (Phi) is 3.01. The lowest BCUT2D eigenvalue weighted by atomic mass is 10.3. The number of hydrogen-bond donors (Lipinski definition) is 1. The third-order valence-corrected chi connectivity index (χ3v) is 3.30. The van der Waals surface area contributed by atoms with Gasteiger partial charge in [-0.05, 0) is 25.2 Å². The Balaban J connectivity index is 2.32. The molecule has 0 spiro atoms. The van der Waals surface area contributed by atoms with Crippen molar-refractivity contribution in [2.75, 3.05) is 13.6 Å². The van der Waals surface area contributed by atoms with Crippen molar-refractivity contribution < 1.29 is 0 Å². The summed E-state index contributed by atoms with van der Waals surface area (Å²) in [4.78, 5) is 4.51. The summed E-state index contributed by atoms with van der Waals surface area (Å²) in [5.74, 6) is 0. The van der Waals surface area contributed by atoms with Gasteiger partial charge in [-0.2, -0.15) is 0 Å². The van der Waals surface area contributed by atoms with Crippen LogP contribution in [0.5, 0.6) is 0 Å². The van der Waals surface area contributed by atoms with Crippen LogP contribution in [0.15, 0.2) is 18.2 Å². The van der Waals surface area contributed by atoms with Crippen molar-refractivity contribution in [1.29, 1.82) is 0 Å². The van der Waals surface area contributed by atoms with E-state index >= 15 is 0 Å². The lowest BCUT2D eigenvalue weighted by molar-refractivity contribution is 0.789. The zero-order valence-corrected chi connectivity index (χ0v) is 9.45. The molecule has 2 rings (SSSR count). The van der Waals surface area contributed by atoms with Gasteiger partial charge in [-0.3, -0.25) is 0 Å². The quantitative estimate of drug-likeness (QED) is 0.871. The average Bonchev–Trinajstić information content (AvgIpc) is 2.56. The van der Waals surface area contributed by atoms with Crippen LogP contribution in [-0.4, -0.2) is 18.6 Å². The first-order valence-electron chi connectivity index (χ1n) is 4.49. The molecule has 1 aromatic carbocycles. The first-order chi connectivity index (χ1) is 6.79. The molecule has 1 heterocycles. The Morgan fingerprint density at radius 1 is 1.50 bits per heavy atom. The predicted octanol–water partition coefficient (Wildman–Crippen LogP) is 2.71. The number of likely N-dealkylation sites (N-methyl/N-ethyl adjacent to an activating group) is 1. The molecule has 0 unspecified atom stereocenters. The fraction of sp³-hybridized carbons (Fsp3) is 0.300. The average molecular weight is 227 g/mol. The number of benzene rings is 1. The molecule has 2 nitrogen and oxygen atoms in total. The molecule has 0 bridgehead atoms.